The van der Waals surface area contributed by atoms with Crippen LogP contribution in [0.2, 0.25) is 0 Å². The Bertz CT molecular complexity index is 886. The van der Waals surface area contributed by atoms with E-state index in [0.717, 1.165) is 11.3 Å². The highest BCUT2D eigenvalue weighted by Crippen LogP contribution is 2.15. The lowest BCUT2D eigenvalue weighted by atomic mass is 10.1. The molecule has 0 aliphatic rings. The largest absolute Gasteiger partial charge is 0.479 e. The van der Waals surface area contributed by atoms with Crippen LogP contribution < -0.4 is 5.32 Å². The first kappa shape index (κ1) is 16.4. The third kappa shape index (κ3) is 3.74. The molecule has 25 heavy (non-hydrogen) atoms. The maximum Gasteiger partial charge on any atom is 0.330 e. The van der Waals surface area contributed by atoms with Gasteiger partial charge in [0.15, 0.2) is 6.04 Å². The van der Waals surface area contributed by atoms with Crippen LogP contribution in [0.15, 0.2) is 67.0 Å². The van der Waals surface area contributed by atoms with Crippen LogP contribution in [0.5, 0.6) is 0 Å². The Hall–Kier alpha value is -3.41. The Morgan fingerprint density at radius 2 is 1.76 bits per heavy atom. The molecule has 6 nitrogen and oxygen atoms in total. The summed E-state index contributed by atoms with van der Waals surface area (Å²) in [5.41, 5.74) is 2.76. The Morgan fingerprint density at radius 3 is 2.32 bits per heavy atom. The monoisotopic (exact) mass is 335 g/mol. The molecule has 0 saturated heterocycles. The molecule has 0 fully saturated rings. The van der Waals surface area contributed by atoms with Crippen LogP contribution >= 0.6 is 0 Å². The molecule has 0 spiro atoms. The lowest BCUT2D eigenvalue weighted by Crippen LogP contribution is -2.33. The molecule has 2 aromatic carbocycles. The summed E-state index contributed by atoms with van der Waals surface area (Å²) in [7, 11) is 0. The van der Waals surface area contributed by atoms with Gasteiger partial charge in [-0.3, -0.25) is 4.79 Å². The summed E-state index contributed by atoms with van der Waals surface area (Å²) < 4.78 is 1.71. The summed E-state index contributed by atoms with van der Waals surface area (Å²) in [5, 5.41) is 16.2. The summed E-state index contributed by atoms with van der Waals surface area (Å²) in [4.78, 5) is 23.9. The highest BCUT2D eigenvalue weighted by Gasteiger charge is 2.22. The van der Waals surface area contributed by atoms with E-state index in [0.29, 0.717) is 11.1 Å². The van der Waals surface area contributed by atoms with Crippen molar-refractivity contribution in [3.8, 4) is 5.69 Å². The second kappa shape index (κ2) is 7.00. The molecule has 6 heteroatoms. The minimum Gasteiger partial charge on any atom is -0.479 e. The molecule has 1 atom stereocenters. The van der Waals surface area contributed by atoms with Gasteiger partial charge in [-0.25, -0.2) is 9.48 Å². The number of carboxylic acids is 1. The molecule has 3 rings (SSSR count). The van der Waals surface area contributed by atoms with Gasteiger partial charge < -0.3 is 10.4 Å². The van der Waals surface area contributed by atoms with Crippen molar-refractivity contribution < 1.29 is 14.7 Å². The fourth-order valence-electron chi connectivity index (χ4n) is 2.47. The van der Waals surface area contributed by atoms with Gasteiger partial charge >= 0.3 is 5.97 Å². The van der Waals surface area contributed by atoms with E-state index in [9.17, 15) is 14.7 Å². The van der Waals surface area contributed by atoms with Crippen molar-refractivity contribution in [2.75, 3.05) is 0 Å². The number of nitrogens with one attached hydrogen (secondary N) is 1. The zero-order valence-electron chi connectivity index (χ0n) is 13.6. The summed E-state index contributed by atoms with van der Waals surface area (Å²) in [6.45, 7) is 1.95. The van der Waals surface area contributed by atoms with Crippen molar-refractivity contribution in [3.63, 3.8) is 0 Å². The molecule has 2 N–H and O–H groups in total. The molecule has 0 saturated carbocycles. The van der Waals surface area contributed by atoms with Gasteiger partial charge in [-0.15, -0.1) is 0 Å². The van der Waals surface area contributed by atoms with Gasteiger partial charge in [0.2, 0.25) is 0 Å². The van der Waals surface area contributed by atoms with Crippen LogP contribution in [0.1, 0.15) is 27.5 Å². The van der Waals surface area contributed by atoms with Gasteiger partial charge in [-0.2, -0.15) is 5.10 Å². The molecule has 0 aliphatic carbocycles. The second-order valence-corrected chi connectivity index (χ2v) is 5.66. The predicted molar refractivity (Wildman–Crippen MR) is 92.6 cm³/mol. The number of carboxylic acid groups (broad SMARTS) is 1. The van der Waals surface area contributed by atoms with E-state index in [2.05, 4.69) is 10.4 Å². The van der Waals surface area contributed by atoms with Crippen molar-refractivity contribution in [1.82, 2.24) is 15.1 Å². The number of carbonyl (C=O) groups is 2. The van der Waals surface area contributed by atoms with Crippen molar-refractivity contribution in [3.05, 3.63) is 83.7 Å². The second-order valence-electron chi connectivity index (χ2n) is 5.66. The van der Waals surface area contributed by atoms with Gasteiger partial charge in [0.25, 0.3) is 5.91 Å². The Morgan fingerprint density at radius 1 is 1.08 bits per heavy atom. The lowest BCUT2D eigenvalue weighted by molar-refractivity contribution is -0.139. The number of aliphatic carboxylic acids is 1. The smallest absolute Gasteiger partial charge is 0.330 e. The van der Waals surface area contributed by atoms with Crippen LogP contribution in [-0.4, -0.2) is 26.8 Å². The maximum atomic E-state index is 12.4. The minimum atomic E-state index is -1.11. The average molecular weight is 335 g/mol. The van der Waals surface area contributed by atoms with Crippen LogP contribution in [-0.2, 0) is 4.79 Å². The highest BCUT2D eigenvalue weighted by atomic mass is 16.4. The number of aromatic nitrogens is 2. The fraction of sp³-hybridized carbons (Fsp3) is 0.105. The van der Waals surface area contributed by atoms with E-state index >= 15 is 0 Å². The molecule has 0 aliphatic heterocycles. The van der Waals surface area contributed by atoms with E-state index < -0.39 is 17.9 Å². The molecule has 1 aromatic heterocycles. The lowest BCUT2D eigenvalue weighted by Gasteiger charge is -2.15. The van der Waals surface area contributed by atoms with E-state index in [4.69, 9.17) is 0 Å². The number of hydrogen-bond acceptors (Lipinski definition) is 3. The molecule has 0 radical (unpaired) electrons. The van der Waals surface area contributed by atoms with E-state index in [-0.39, 0.29) is 0 Å². The van der Waals surface area contributed by atoms with Gasteiger partial charge in [0.05, 0.1) is 11.9 Å². The van der Waals surface area contributed by atoms with Crippen LogP contribution in [0.4, 0.5) is 0 Å². The summed E-state index contributed by atoms with van der Waals surface area (Å²) >= 11 is 0. The third-order valence-electron chi connectivity index (χ3n) is 3.76. The van der Waals surface area contributed by atoms with Crippen molar-refractivity contribution in [2.24, 2.45) is 0 Å². The third-order valence-corrected chi connectivity index (χ3v) is 3.76. The molecule has 0 bridgehead atoms. The van der Waals surface area contributed by atoms with E-state index in [1.165, 1.54) is 0 Å². The first-order chi connectivity index (χ1) is 12.0. The molecular formula is C19H17N3O3. The SMILES string of the molecule is Cc1cnn(-c2ccc(C(=O)NC(C(=O)O)c3ccccc3)cc2)c1. The summed E-state index contributed by atoms with van der Waals surface area (Å²) in [6, 6.07) is 14.3. The topological polar surface area (TPSA) is 84.2 Å². The number of benzene rings is 2. The summed E-state index contributed by atoms with van der Waals surface area (Å²) in [5.74, 6) is -1.55. The Kier molecular flexibility index (Phi) is 4.61. The van der Waals surface area contributed by atoms with Crippen LogP contribution in [0.25, 0.3) is 5.69 Å². The van der Waals surface area contributed by atoms with E-state index in [1.807, 2.05) is 13.1 Å². The number of carbonyl (C=O) groups excluding carboxylic acids is 1. The number of rotatable bonds is 5. The van der Waals surface area contributed by atoms with Crippen LogP contribution in [0.3, 0.4) is 0 Å². The zero-order valence-corrected chi connectivity index (χ0v) is 13.6. The standard InChI is InChI=1S/C19H17N3O3/c1-13-11-20-22(12-13)16-9-7-15(8-10-16)18(23)21-17(19(24)25)14-5-3-2-4-6-14/h2-12,17H,1H3,(H,21,23)(H,24,25). The van der Waals surface area contributed by atoms with Gasteiger partial charge in [0, 0.05) is 11.8 Å². The van der Waals surface area contributed by atoms with Crippen molar-refractivity contribution in [2.45, 2.75) is 13.0 Å². The zero-order chi connectivity index (χ0) is 17.8. The van der Waals surface area contributed by atoms with Gasteiger partial charge in [-0.1, -0.05) is 30.3 Å². The number of hydrogen-bond donors (Lipinski definition) is 2. The predicted octanol–water partition coefficient (Wildman–Crippen LogP) is 2.74. The van der Waals surface area contributed by atoms with Gasteiger partial charge in [-0.05, 0) is 42.3 Å². The average Bonchev–Trinajstić information content (AvgIpc) is 3.06. The maximum absolute atomic E-state index is 12.4. The fourth-order valence-corrected chi connectivity index (χ4v) is 2.47. The number of aryl methyl sites for hydroxylation is 1. The van der Waals surface area contributed by atoms with Crippen molar-refractivity contribution >= 4 is 11.9 Å². The minimum absolute atomic E-state index is 0.384. The number of nitrogens with zero attached hydrogens (tertiary/aromatic N) is 2. The molecule has 126 valence electrons. The molecule has 3 aromatic rings. The highest BCUT2D eigenvalue weighted by molar-refractivity contribution is 5.97. The quantitative estimate of drug-likeness (QED) is 0.751. The Balaban J connectivity index is 1.77. The molecule has 1 unspecified atom stereocenters. The Labute approximate surface area is 144 Å². The number of amides is 1. The summed E-state index contributed by atoms with van der Waals surface area (Å²) in [6.07, 6.45) is 3.63. The van der Waals surface area contributed by atoms with E-state index in [1.54, 1.807) is 65.5 Å². The first-order valence-electron chi connectivity index (χ1n) is 7.75. The van der Waals surface area contributed by atoms with Gasteiger partial charge in [0.1, 0.15) is 0 Å². The van der Waals surface area contributed by atoms with Crippen molar-refractivity contribution in [1.29, 1.82) is 0 Å². The molecule has 1 heterocycles. The molecule has 1 amide bonds. The van der Waals surface area contributed by atoms with Crippen LogP contribution in [0, 0.1) is 6.92 Å². The first-order valence-corrected chi connectivity index (χ1v) is 7.75. The normalized spacial score (nSPS) is 11.7. The molecular weight excluding hydrogens is 318 g/mol.